The van der Waals surface area contributed by atoms with Gasteiger partial charge in [-0.3, -0.25) is 0 Å². The van der Waals surface area contributed by atoms with Gasteiger partial charge in [0.15, 0.2) is 0 Å². The van der Waals surface area contributed by atoms with Gasteiger partial charge in [0.05, 0.1) is 5.60 Å². The Morgan fingerprint density at radius 2 is 2.13 bits per heavy atom. The van der Waals surface area contributed by atoms with E-state index in [0.717, 1.165) is 19.3 Å². The summed E-state index contributed by atoms with van der Waals surface area (Å²) in [6, 6.07) is 6.54. The summed E-state index contributed by atoms with van der Waals surface area (Å²) in [5.41, 5.74) is 3.68. The number of allylic oxidation sites excluding steroid dienone is 1. The largest absolute Gasteiger partial charge is 0.389 e. The van der Waals surface area contributed by atoms with E-state index >= 15 is 0 Å². The summed E-state index contributed by atoms with van der Waals surface area (Å²) < 4.78 is 0. The molecule has 0 saturated heterocycles. The number of hydrogen-bond donors (Lipinski definition) is 1. The average Bonchev–Trinajstić information content (AvgIpc) is 2.24. The zero-order chi connectivity index (χ0) is 10.5. The van der Waals surface area contributed by atoms with Crippen LogP contribution in [0.4, 0.5) is 0 Å². The van der Waals surface area contributed by atoms with Crippen LogP contribution in [-0.4, -0.2) is 10.7 Å². The van der Waals surface area contributed by atoms with Crippen LogP contribution in [0.1, 0.15) is 36.0 Å². The minimum absolute atomic E-state index is 0.214. The molecule has 0 aliphatic heterocycles. The van der Waals surface area contributed by atoms with E-state index in [4.69, 9.17) is 0 Å². The molecule has 0 heterocycles. The molecule has 1 aromatic rings. The predicted octanol–water partition coefficient (Wildman–Crippen LogP) is 2.58. The van der Waals surface area contributed by atoms with Gasteiger partial charge in [-0.25, -0.2) is 0 Å². The van der Waals surface area contributed by atoms with E-state index in [2.05, 4.69) is 30.4 Å². The molecule has 1 N–H and O–H groups in total. The lowest BCUT2D eigenvalue weighted by Gasteiger charge is -2.39. The lowest BCUT2D eigenvalue weighted by atomic mass is 9.69. The fourth-order valence-electron chi connectivity index (χ4n) is 2.95. The van der Waals surface area contributed by atoms with Crippen LogP contribution in [-0.2, 0) is 12.8 Å². The van der Waals surface area contributed by atoms with Gasteiger partial charge in [-0.2, -0.15) is 0 Å². The third-order valence-electron chi connectivity index (χ3n) is 3.83. The monoisotopic (exact) mass is 200 g/mol. The Bertz CT molecular complexity index is 429. The molecule has 0 fully saturated rings. The van der Waals surface area contributed by atoms with Crippen molar-refractivity contribution in [1.82, 2.24) is 0 Å². The van der Waals surface area contributed by atoms with Crippen LogP contribution < -0.4 is 0 Å². The molecule has 0 aromatic heterocycles. The summed E-state index contributed by atoms with van der Waals surface area (Å²) in [7, 11) is 0. The van der Waals surface area contributed by atoms with Gasteiger partial charge in [0, 0.05) is 5.92 Å². The first-order valence-corrected chi connectivity index (χ1v) is 5.68. The smallest absolute Gasteiger partial charge is 0.0725 e. The van der Waals surface area contributed by atoms with Crippen molar-refractivity contribution in [2.45, 2.75) is 37.7 Å². The van der Waals surface area contributed by atoms with Crippen LogP contribution in [0.25, 0.3) is 0 Å². The second-order valence-electron chi connectivity index (χ2n) is 4.96. The lowest BCUT2D eigenvalue weighted by molar-refractivity contribution is 0.0295. The number of benzene rings is 1. The Morgan fingerprint density at radius 3 is 3.00 bits per heavy atom. The highest BCUT2D eigenvalue weighted by atomic mass is 16.3. The fourth-order valence-corrected chi connectivity index (χ4v) is 2.95. The van der Waals surface area contributed by atoms with Crippen molar-refractivity contribution < 1.29 is 5.11 Å². The van der Waals surface area contributed by atoms with Crippen molar-refractivity contribution in [2.75, 3.05) is 0 Å². The van der Waals surface area contributed by atoms with Gasteiger partial charge in [-0.1, -0.05) is 30.4 Å². The van der Waals surface area contributed by atoms with Gasteiger partial charge >= 0.3 is 0 Å². The predicted molar refractivity (Wildman–Crippen MR) is 61.0 cm³/mol. The normalized spacial score (nSPS) is 32.5. The molecule has 3 rings (SSSR count). The van der Waals surface area contributed by atoms with Gasteiger partial charge in [0.1, 0.15) is 0 Å². The van der Waals surface area contributed by atoms with Crippen LogP contribution in [0, 0.1) is 0 Å². The second kappa shape index (κ2) is 2.96. The Balaban J connectivity index is 2.22. The van der Waals surface area contributed by atoms with E-state index in [1.54, 1.807) is 0 Å². The van der Waals surface area contributed by atoms with Crippen molar-refractivity contribution in [2.24, 2.45) is 0 Å². The van der Waals surface area contributed by atoms with Crippen molar-refractivity contribution in [3.05, 3.63) is 47.0 Å². The topological polar surface area (TPSA) is 20.2 Å². The highest BCUT2D eigenvalue weighted by Crippen LogP contribution is 2.43. The van der Waals surface area contributed by atoms with E-state index in [0.29, 0.717) is 0 Å². The number of aliphatic hydroxyl groups is 1. The summed E-state index contributed by atoms with van der Waals surface area (Å²) >= 11 is 0. The van der Waals surface area contributed by atoms with Crippen molar-refractivity contribution in [3.8, 4) is 0 Å². The van der Waals surface area contributed by atoms with Gasteiger partial charge in [-0.05, 0) is 42.9 Å². The second-order valence-corrected chi connectivity index (χ2v) is 4.96. The van der Waals surface area contributed by atoms with Gasteiger partial charge in [-0.15, -0.1) is 0 Å². The standard InChI is InChI=1S/C14H16O/c1-14(15)9-8-11-5-2-4-10-6-3-7-12(14)13(10)11/h2-5,7,12,15H,6,8-9H2,1H3/t12-,14-/m0/s1. The van der Waals surface area contributed by atoms with Crippen LogP contribution in [0.3, 0.4) is 0 Å². The third-order valence-corrected chi connectivity index (χ3v) is 3.83. The Labute approximate surface area is 90.4 Å². The molecular weight excluding hydrogens is 184 g/mol. The highest BCUT2D eigenvalue weighted by Gasteiger charge is 2.38. The Morgan fingerprint density at radius 1 is 1.33 bits per heavy atom. The molecular formula is C14H16O. The molecule has 0 saturated carbocycles. The van der Waals surface area contributed by atoms with Crippen LogP contribution in [0.15, 0.2) is 30.4 Å². The molecule has 15 heavy (non-hydrogen) atoms. The molecule has 0 amide bonds. The molecule has 2 aliphatic rings. The fraction of sp³-hybridized carbons (Fsp3) is 0.429. The van der Waals surface area contributed by atoms with E-state index < -0.39 is 5.60 Å². The molecule has 1 aromatic carbocycles. The first-order valence-electron chi connectivity index (χ1n) is 5.68. The molecule has 2 aliphatic carbocycles. The molecule has 78 valence electrons. The highest BCUT2D eigenvalue weighted by molar-refractivity contribution is 5.47. The Hall–Kier alpha value is -1.08. The maximum Gasteiger partial charge on any atom is 0.0725 e. The van der Waals surface area contributed by atoms with Crippen LogP contribution >= 0.6 is 0 Å². The van der Waals surface area contributed by atoms with Gasteiger partial charge < -0.3 is 5.11 Å². The van der Waals surface area contributed by atoms with E-state index in [-0.39, 0.29) is 5.92 Å². The minimum Gasteiger partial charge on any atom is -0.389 e. The minimum atomic E-state index is -0.556. The molecule has 1 heteroatoms. The molecule has 2 atom stereocenters. The van der Waals surface area contributed by atoms with E-state index in [9.17, 15) is 5.11 Å². The van der Waals surface area contributed by atoms with Crippen molar-refractivity contribution >= 4 is 0 Å². The quantitative estimate of drug-likeness (QED) is 0.638. The zero-order valence-electron chi connectivity index (χ0n) is 9.03. The van der Waals surface area contributed by atoms with Crippen LogP contribution in [0.5, 0.6) is 0 Å². The number of aryl methyl sites for hydroxylation is 1. The molecule has 0 radical (unpaired) electrons. The van der Waals surface area contributed by atoms with Gasteiger partial charge in [0.2, 0.25) is 0 Å². The number of hydrogen-bond acceptors (Lipinski definition) is 1. The maximum absolute atomic E-state index is 10.4. The summed E-state index contributed by atoms with van der Waals surface area (Å²) in [5, 5.41) is 10.4. The maximum atomic E-state index is 10.4. The molecule has 0 spiro atoms. The van der Waals surface area contributed by atoms with Crippen LogP contribution in [0.2, 0.25) is 0 Å². The third kappa shape index (κ3) is 1.26. The molecule has 0 unspecified atom stereocenters. The van der Waals surface area contributed by atoms with Gasteiger partial charge in [0.25, 0.3) is 0 Å². The summed E-state index contributed by atoms with van der Waals surface area (Å²) in [6.45, 7) is 1.97. The summed E-state index contributed by atoms with van der Waals surface area (Å²) in [5.74, 6) is 0.214. The molecule has 0 bridgehead atoms. The Kier molecular flexibility index (Phi) is 1.81. The van der Waals surface area contributed by atoms with Crippen molar-refractivity contribution in [3.63, 3.8) is 0 Å². The first kappa shape index (κ1) is 9.17. The van der Waals surface area contributed by atoms with E-state index in [1.807, 2.05) is 6.92 Å². The summed E-state index contributed by atoms with van der Waals surface area (Å²) in [4.78, 5) is 0. The number of rotatable bonds is 0. The summed E-state index contributed by atoms with van der Waals surface area (Å²) in [6.07, 6.45) is 7.29. The van der Waals surface area contributed by atoms with Crippen molar-refractivity contribution in [1.29, 1.82) is 0 Å². The lowest BCUT2D eigenvalue weighted by Crippen LogP contribution is -2.37. The average molecular weight is 200 g/mol. The SMILES string of the molecule is C[C@]1(O)CCc2cccc3c2[C@@H]1C=CC3. The first-order chi connectivity index (χ1) is 7.18. The van der Waals surface area contributed by atoms with E-state index in [1.165, 1.54) is 16.7 Å². The molecule has 1 nitrogen and oxygen atoms in total. The zero-order valence-corrected chi connectivity index (χ0v) is 9.03.